The van der Waals surface area contributed by atoms with Gasteiger partial charge < -0.3 is 19.3 Å². The highest BCUT2D eigenvalue weighted by atomic mass is 79.9. The van der Waals surface area contributed by atoms with Crippen LogP contribution in [0.15, 0.2) is 22.8 Å². The van der Waals surface area contributed by atoms with Crippen LogP contribution in [0.5, 0.6) is 0 Å². The lowest BCUT2D eigenvalue weighted by Crippen LogP contribution is -2.35. The number of aromatic nitrogens is 1. The highest BCUT2D eigenvalue weighted by molar-refractivity contribution is 9.10. The minimum Gasteiger partial charge on any atom is -0.381 e. The number of rotatable bonds is 2. The monoisotopic (exact) mass is 409 g/mol. The van der Waals surface area contributed by atoms with Gasteiger partial charge in [0.2, 0.25) is 0 Å². The fraction of sp³-hybridized carbons (Fsp3) is 0.500. The zero-order valence-electron chi connectivity index (χ0n) is 14.3. The minimum atomic E-state index is -0.301. The van der Waals surface area contributed by atoms with E-state index in [-0.39, 0.29) is 11.9 Å². The molecule has 1 aliphatic carbocycles. The lowest BCUT2D eigenvalue weighted by Gasteiger charge is -2.31. The van der Waals surface area contributed by atoms with Crippen LogP contribution in [0.1, 0.15) is 19.3 Å². The van der Waals surface area contributed by atoms with Crippen molar-refractivity contribution in [3.63, 3.8) is 0 Å². The Balaban J connectivity index is 1.87. The van der Waals surface area contributed by atoms with Crippen molar-refractivity contribution in [3.05, 3.63) is 28.6 Å². The van der Waals surface area contributed by atoms with Crippen molar-refractivity contribution < 1.29 is 13.9 Å². The van der Waals surface area contributed by atoms with Gasteiger partial charge >= 0.3 is 0 Å². The molecule has 0 amide bonds. The highest BCUT2D eigenvalue weighted by Gasteiger charge is 2.33. The van der Waals surface area contributed by atoms with Gasteiger partial charge in [0.15, 0.2) is 0 Å². The second-order valence-corrected chi connectivity index (χ2v) is 7.58. The maximum Gasteiger partial charge on any atom is 0.139 e. The molecule has 1 aromatic heterocycles. The first-order valence-electron chi connectivity index (χ1n) is 8.44. The van der Waals surface area contributed by atoms with E-state index in [2.05, 4.69) is 25.8 Å². The van der Waals surface area contributed by atoms with Gasteiger partial charge in [-0.2, -0.15) is 0 Å². The summed E-state index contributed by atoms with van der Waals surface area (Å²) in [6.45, 7) is 1.01. The van der Waals surface area contributed by atoms with Crippen LogP contribution in [-0.4, -0.2) is 44.7 Å². The Morgan fingerprint density at radius 1 is 1.32 bits per heavy atom. The van der Waals surface area contributed by atoms with Crippen molar-refractivity contribution in [2.75, 3.05) is 37.4 Å². The molecule has 0 unspecified atom stereocenters. The molecule has 0 bridgehead atoms. The second kappa shape index (κ2) is 6.70. The zero-order valence-corrected chi connectivity index (χ0v) is 15.9. The van der Waals surface area contributed by atoms with Gasteiger partial charge in [-0.25, -0.2) is 4.39 Å². The Bertz CT molecular complexity index is 803. The van der Waals surface area contributed by atoms with Crippen LogP contribution in [-0.2, 0) is 9.47 Å². The summed E-state index contributed by atoms with van der Waals surface area (Å²) in [5, 5.41) is 0.934. The summed E-state index contributed by atoms with van der Waals surface area (Å²) in [6, 6.07) is 3.64. The van der Waals surface area contributed by atoms with Gasteiger partial charge in [-0.05, 0) is 41.3 Å². The molecule has 2 aliphatic rings. The second-order valence-electron chi connectivity index (χ2n) is 6.73. The van der Waals surface area contributed by atoms with E-state index < -0.39 is 0 Å². The summed E-state index contributed by atoms with van der Waals surface area (Å²) < 4.78 is 25.9. The number of hydrogen-bond donors (Lipinski definition) is 0. The first kappa shape index (κ1) is 17.0. The highest BCUT2D eigenvalue weighted by Crippen LogP contribution is 2.42. The number of nitrogens with zero attached hydrogens (tertiary/aromatic N) is 3. The van der Waals surface area contributed by atoms with Crippen molar-refractivity contribution in [1.29, 1.82) is 0 Å². The Hall–Kier alpha value is -1.44. The van der Waals surface area contributed by atoms with Crippen LogP contribution < -0.4 is 9.80 Å². The van der Waals surface area contributed by atoms with E-state index in [1.54, 1.807) is 7.11 Å². The maximum absolute atomic E-state index is 14.0. The Morgan fingerprint density at radius 2 is 2.16 bits per heavy atom. The summed E-state index contributed by atoms with van der Waals surface area (Å²) in [5.41, 5.74) is 2.72. The molecule has 1 fully saturated rings. The summed E-state index contributed by atoms with van der Waals surface area (Å²) >= 11 is 3.32. The fourth-order valence-corrected chi connectivity index (χ4v) is 4.20. The lowest BCUT2D eigenvalue weighted by atomic mass is 10.1. The van der Waals surface area contributed by atoms with Crippen LogP contribution in [0.3, 0.4) is 0 Å². The average molecular weight is 410 g/mol. The molecule has 25 heavy (non-hydrogen) atoms. The topological polar surface area (TPSA) is 37.8 Å². The van der Waals surface area contributed by atoms with Gasteiger partial charge in [0.25, 0.3) is 0 Å². The van der Waals surface area contributed by atoms with Crippen molar-refractivity contribution >= 4 is 38.2 Å². The molecule has 0 radical (unpaired) electrons. The molecule has 1 aliphatic heterocycles. The molecule has 7 heteroatoms. The van der Waals surface area contributed by atoms with E-state index >= 15 is 0 Å². The Kier molecular flexibility index (Phi) is 4.56. The van der Waals surface area contributed by atoms with E-state index in [0.29, 0.717) is 29.5 Å². The van der Waals surface area contributed by atoms with E-state index in [0.717, 1.165) is 36.0 Å². The number of ether oxygens (including phenoxy) is 2. The Labute approximate surface area is 154 Å². The molecule has 1 saturated carbocycles. The van der Waals surface area contributed by atoms with Crippen molar-refractivity contribution in [2.24, 2.45) is 0 Å². The van der Waals surface area contributed by atoms with Gasteiger partial charge in [-0.3, -0.25) is 4.98 Å². The molecule has 5 nitrogen and oxygen atoms in total. The average Bonchev–Trinajstić information content (AvgIpc) is 3.01. The summed E-state index contributed by atoms with van der Waals surface area (Å²) in [7, 11) is 3.76. The van der Waals surface area contributed by atoms with Crippen LogP contribution in [0, 0.1) is 5.82 Å². The largest absolute Gasteiger partial charge is 0.381 e. The van der Waals surface area contributed by atoms with Gasteiger partial charge in [0.1, 0.15) is 19.3 Å². The van der Waals surface area contributed by atoms with Gasteiger partial charge in [-0.1, -0.05) is 0 Å². The quantitative estimate of drug-likeness (QED) is 0.751. The number of anilines is 2. The summed E-state index contributed by atoms with van der Waals surface area (Å²) in [4.78, 5) is 8.81. The lowest BCUT2D eigenvalue weighted by molar-refractivity contribution is 0.104. The van der Waals surface area contributed by atoms with Crippen molar-refractivity contribution in [1.82, 2.24) is 4.98 Å². The molecule has 2 heterocycles. The molecule has 1 aromatic carbocycles. The summed E-state index contributed by atoms with van der Waals surface area (Å²) in [5.74, 6) is -0.301. The number of fused-ring (bicyclic) bond motifs is 3. The van der Waals surface area contributed by atoms with E-state index in [1.165, 1.54) is 6.07 Å². The van der Waals surface area contributed by atoms with Gasteiger partial charge in [0, 0.05) is 31.7 Å². The molecular weight excluding hydrogens is 389 g/mol. The number of hydrogen-bond acceptors (Lipinski definition) is 5. The molecule has 4 rings (SSSR count). The molecule has 0 N–H and O–H groups in total. The van der Waals surface area contributed by atoms with Crippen LogP contribution in [0.25, 0.3) is 10.9 Å². The molecule has 0 saturated heterocycles. The van der Waals surface area contributed by atoms with Crippen molar-refractivity contribution in [2.45, 2.75) is 31.4 Å². The first-order valence-corrected chi connectivity index (χ1v) is 9.24. The van der Waals surface area contributed by atoms with Crippen molar-refractivity contribution in [3.8, 4) is 0 Å². The molecule has 2 aromatic rings. The maximum atomic E-state index is 14.0. The fourth-order valence-electron chi connectivity index (χ4n) is 3.86. The third-order valence-electron chi connectivity index (χ3n) is 5.21. The third kappa shape index (κ3) is 2.98. The smallest absolute Gasteiger partial charge is 0.139 e. The third-order valence-corrected chi connectivity index (χ3v) is 5.81. The zero-order chi connectivity index (χ0) is 17.6. The van der Waals surface area contributed by atoms with Crippen LogP contribution in [0.4, 0.5) is 15.8 Å². The van der Waals surface area contributed by atoms with E-state index in [1.807, 2.05) is 24.2 Å². The van der Waals surface area contributed by atoms with E-state index in [9.17, 15) is 4.39 Å². The van der Waals surface area contributed by atoms with Gasteiger partial charge in [-0.15, -0.1) is 0 Å². The number of benzene rings is 1. The molecule has 134 valence electrons. The minimum absolute atomic E-state index is 0.284. The standard InChI is InChI=1S/C18H21BrFN3O2/c1-22-9-25-10-23(11-3-4-12(5-11)24-2)18-13-6-14(19)15(20)7-16(13)21-8-17(18)22/h6-8,11-12H,3-5,9-10H2,1-2H3/t11-,12-/m0/s1. The number of methoxy groups -OCH3 is 1. The van der Waals surface area contributed by atoms with Crippen LogP contribution >= 0.6 is 15.9 Å². The van der Waals surface area contributed by atoms with Crippen LogP contribution in [0.2, 0.25) is 0 Å². The molecule has 2 atom stereocenters. The summed E-state index contributed by atoms with van der Waals surface area (Å²) in [6.07, 6.45) is 5.16. The number of halogens is 2. The van der Waals surface area contributed by atoms with Gasteiger partial charge in [0.05, 0.1) is 33.7 Å². The first-order chi connectivity index (χ1) is 12.1. The number of pyridine rings is 1. The molecular formula is C18H21BrFN3O2. The predicted octanol–water partition coefficient (Wildman–Crippen LogP) is 3.89. The molecule has 0 spiro atoms. The normalized spacial score (nSPS) is 23.8. The SMILES string of the molecule is CO[C@H]1CC[C@H](N2COCN(C)c3cnc4cc(F)c(Br)cc4c32)C1. The Morgan fingerprint density at radius 3 is 2.92 bits per heavy atom. The predicted molar refractivity (Wildman–Crippen MR) is 99.5 cm³/mol. The van der Waals surface area contributed by atoms with E-state index in [4.69, 9.17) is 9.47 Å².